The van der Waals surface area contributed by atoms with Crippen LogP contribution in [0.15, 0.2) is 30.3 Å². The molecule has 23 nitrogen and oxygen atoms in total. The standard InChI is InChI=1S/C39H60N10O13/c1-6-20(4)32(39(61)62)49-38(60)25(14-19(2)3)48-37(59)27(17-29(42)51)45-30(52)18-43-35(57)26(16-28(41)50)47-33(55)21(5)44-36(58)24(12-13-31(53)54)46-34(56)23(40)15-22-10-8-7-9-11-22/h7-11,19-21,23-27,32H,6,12-18,40H2,1-5H3,(H2,41,50)(H2,42,51)(H,43,57)(H,44,58)(H,45,52)(H,46,56)(H,47,55)(H,48,59)(H,49,60)(H,53,54)(H,61,62)/t20-,21-,23-,24-,25-,26-,27-,32-/m0/s1. The summed E-state index contributed by atoms with van der Waals surface area (Å²) in [7, 11) is 0. The molecule has 0 unspecified atom stereocenters. The van der Waals surface area contributed by atoms with Gasteiger partial charge in [-0.2, -0.15) is 0 Å². The van der Waals surface area contributed by atoms with Crippen molar-refractivity contribution in [2.75, 3.05) is 6.54 Å². The van der Waals surface area contributed by atoms with Crippen LogP contribution in [0, 0.1) is 11.8 Å². The van der Waals surface area contributed by atoms with Crippen molar-refractivity contribution in [3.63, 3.8) is 0 Å². The molecule has 344 valence electrons. The molecule has 1 rings (SSSR count). The Kier molecular flexibility index (Phi) is 22.8. The molecule has 1 aromatic carbocycles. The van der Waals surface area contributed by atoms with Gasteiger partial charge in [0.1, 0.15) is 36.3 Å². The lowest BCUT2D eigenvalue weighted by molar-refractivity contribution is -0.144. The van der Waals surface area contributed by atoms with Crippen LogP contribution in [-0.4, -0.2) is 124 Å². The summed E-state index contributed by atoms with van der Waals surface area (Å²) in [4.78, 5) is 138. The number of aliphatic carboxylic acids is 2. The first-order valence-corrected chi connectivity index (χ1v) is 19.8. The van der Waals surface area contributed by atoms with Crippen LogP contribution in [0.1, 0.15) is 78.7 Å². The molecule has 8 atom stereocenters. The van der Waals surface area contributed by atoms with E-state index >= 15 is 0 Å². The van der Waals surface area contributed by atoms with E-state index in [1.165, 1.54) is 6.92 Å². The SMILES string of the molecule is CC[C@H](C)[C@H](NC(=O)[C@H](CC(C)C)NC(=O)[C@H](CC(N)=O)NC(=O)CNC(=O)[C@H](CC(N)=O)NC(=O)[C@H](C)NC(=O)[C@H](CCC(=O)O)NC(=O)[C@@H](N)Cc1ccccc1)C(=O)O. The molecule has 0 radical (unpaired) electrons. The molecule has 15 N–H and O–H groups in total. The molecular weight excluding hydrogens is 816 g/mol. The molecule has 23 heteroatoms. The summed E-state index contributed by atoms with van der Waals surface area (Å²) >= 11 is 0. The van der Waals surface area contributed by atoms with Gasteiger partial charge < -0.3 is 64.6 Å². The van der Waals surface area contributed by atoms with Crippen molar-refractivity contribution >= 4 is 65.1 Å². The van der Waals surface area contributed by atoms with Crippen LogP contribution in [0.3, 0.4) is 0 Å². The zero-order chi connectivity index (χ0) is 47.3. The third-order valence-electron chi connectivity index (χ3n) is 9.30. The molecule has 0 bridgehead atoms. The maximum absolute atomic E-state index is 13.3. The van der Waals surface area contributed by atoms with E-state index in [0.717, 1.165) is 5.56 Å². The Labute approximate surface area is 358 Å². The van der Waals surface area contributed by atoms with Crippen molar-refractivity contribution in [2.24, 2.45) is 29.0 Å². The minimum absolute atomic E-state index is 0.0404. The van der Waals surface area contributed by atoms with Crippen LogP contribution in [-0.2, 0) is 59.2 Å². The van der Waals surface area contributed by atoms with E-state index in [2.05, 4.69) is 37.2 Å². The average molecular weight is 877 g/mol. The number of carbonyl (C=O) groups excluding carboxylic acids is 9. The number of hydrogen-bond acceptors (Lipinski definition) is 12. The van der Waals surface area contributed by atoms with Gasteiger partial charge in [-0.1, -0.05) is 64.4 Å². The van der Waals surface area contributed by atoms with Gasteiger partial charge >= 0.3 is 11.9 Å². The molecule has 0 fully saturated rings. The topological polar surface area (TPSA) is 390 Å². The average Bonchev–Trinajstić information content (AvgIpc) is 3.18. The lowest BCUT2D eigenvalue weighted by atomic mass is 9.97. The number of carboxylic acid groups (broad SMARTS) is 2. The van der Waals surface area contributed by atoms with Crippen LogP contribution in [0.2, 0.25) is 0 Å². The quantitative estimate of drug-likeness (QED) is 0.0387. The van der Waals surface area contributed by atoms with Crippen molar-refractivity contribution in [3.05, 3.63) is 35.9 Å². The monoisotopic (exact) mass is 876 g/mol. The maximum Gasteiger partial charge on any atom is 0.326 e. The Bertz CT molecular complexity index is 1780. The molecule has 0 aliphatic heterocycles. The Morgan fingerprint density at radius 3 is 1.66 bits per heavy atom. The third kappa shape index (κ3) is 20.1. The first kappa shape index (κ1) is 53.4. The highest BCUT2D eigenvalue weighted by atomic mass is 16.4. The fourth-order valence-corrected chi connectivity index (χ4v) is 5.72. The normalized spacial score (nSPS) is 14.8. The van der Waals surface area contributed by atoms with Gasteiger partial charge in [-0.3, -0.25) is 47.9 Å². The smallest absolute Gasteiger partial charge is 0.326 e. The Balaban J connectivity index is 3.02. The predicted octanol–water partition coefficient (Wildman–Crippen LogP) is -3.61. The van der Waals surface area contributed by atoms with Crippen molar-refractivity contribution in [3.8, 4) is 0 Å². The molecule has 0 spiro atoms. The van der Waals surface area contributed by atoms with E-state index in [1.54, 1.807) is 58.0 Å². The summed E-state index contributed by atoms with van der Waals surface area (Å²) in [5.41, 5.74) is 17.3. The van der Waals surface area contributed by atoms with Gasteiger partial charge in [0.2, 0.25) is 53.2 Å². The number of amides is 9. The molecule has 0 saturated heterocycles. The minimum atomic E-state index is -1.71. The van der Waals surface area contributed by atoms with Crippen LogP contribution in [0.5, 0.6) is 0 Å². The molecule has 0 saturated carbocycles. The van der Waals surface area contributed by atoms with Gasteiger partial charge in [0.15, 0.2) is 0 Å². The number of carbonyl (C=O) groups is 11. The predicted molar refractivity (Wildman–Crippen MR) is 219 cm³/mol. The lowest BCUT2D eigenvalue weighted by Crippen LogP contribution is -2.58. The number of nitrogens with one attached hydrogen (secondary N) is 7. The van der Waals surface area contributed by atoms with Crippen LogP contribution >= 0.6 is 0 Å². The third-order valence-corrected chi connectivity index (χ3v) is 9.30. The second-order valence-electron chi connectivity index (χ2n) is 15.2. The molecule has 9 amide bonds. The Hall–Kier alpha value is -6.65. The van der Waals surface area contributed by atoms with E-state index in [1.807, 2.05) is 0 Å². The van der Waals surface area contributed by atoms with E-state index in [-0.39, 0.29) is 25.2 Å². The van der Waals surface area contributed by atoms with Gasteiger partial charge in [0.05, 0.1) is 25.4 Å². The fraction of sp³-hybridized carbons (Fsp3) is 0.564. The number of nitrogens with two attached hydrogens (primary N) is 3. The zero-order valence-electron chi connectivity index (χ0n) is 35.4. The summed E-state index contributed by atoms with van der Waals surface area (Å²) in [6.45, 7) is 7.13. The van der Waals surface area contributed by atoms with Crippen molar-refractivity contribution in [1.29, 1.82) is 0 Å². The highest BCUT2D eigenvalue weighted by molar-refractivity contribution is 5.98. The van der Waals surface area contributed by atoms with Crippen molar-refractivity contribution < 1.29 is 63.0 Å². The molecule has 0 aliphatic carbocycles. The second kappa shape index (κ2) is 26.5. The summed E-state index contributed by atoms with van der Waals surface area (Å²) in [5.74, 6) is -12.1. The van der Waals surface area contributed by atoms with Crippen molar-refractivity contribution in [2.45, 2.75) is 122 Å². The van der Waals surface area contributed by atoms with Gasteiger partial charge in [-0.25, -0.2) is 4.79 Å². The first-order valence-electron chi connectivity index (χ1n) is 19.8. The van der Waals surface area contributed by atoms with Crippen LogP contribution in [0.25, 0.3) is 0 Å². The highest BCUT2D eigenvalue weighted by Gasteiger charge is 2.33. The van der Waals surface area contributed by atoms with E-state index < -0.39 is 139 Å². The molecular formula is C39H60N10O13. The van der Waals surface area contributed by atoms with Crippen molar-refractivity contribution in [1.82, 2.24) is 37.2 Å². The number of hydrogen-bond donors (Lipinski definition) is 12. The Morgan fingerprint density at radius 1 is 0.629 bits per heavy atom. The summed E-state index contributed by atoms with van der Waals surface area (Å²) in [6.07, 6.45) is -1.91. The lowest BCUT2D eigenvalue weighted by Gasteiger charge is -2.27. The molecule has 1 aromatic rings. The number of carboxylic acids is 2. The molecule has 0 aliphatic rings. The summed E-state index contributed by atoms with van der Waals surface area (Å²) in [6, 6.07) is -1.24. The number of rotatable bonds is 28. The fourth-order valence-electron chi connectivity index (χ4n) is 5.72. The largest absolute Gasteiger partial charge is 0.481 e. The van der Waals surface area contributed by atoms with Gasteiger partial charge in [-0.05, 0) is 43.6 Å². The number of primary amides is 2. The highest BCUT2D eigenvalue weighted by Crippen LogP contribution is 2.11. The molecule has 0 aromatic heterocycles. The minimum Gasteiger partial charge on any atom is -0.481 e. The number of benzene rings is 1. The van der Waals surface area contributed by atoms with E-state index in [4.69, 9.17) is 17.2 Å². The molecule has 62 heavy (non-hydrogen) atoms. The molecule has 0 heterocycles. The zero-order valence-corrected chi connectivity index (χ0v) is 35.4. The Morgan fingerprint density at radius 2 is 1.15 bits per heavy atom. The summed E-state index contributed by atoms with van der Waals surface area (Å²) < 4.78 is 0. The first-order chi connectivity index (χ1) is 28.9. The van der Waals surface area contributed by atoms with Gasteiger partial charge in [-0.15, -0.1) is 0 Å². The van der Waals surface area contributed by atoms with E-state index in [9.17, 15) is 63.0 Å². The van der Waals surface area contributed by atoms with Crippen LogP contribution < -0.4 is 54.4 Å². The van der Waals surface area contributed by atoms with E-state index in [0.29, 0.717) is 6.42 Å². The summed E-state index contributed by atoms with van der Waals surface area (Å²) in [5, 5.41) is 34.9. The van der Waals surface area contributed by atoms with Gasteiger partial charge in [0, 0.05) is 6.42 Å². The second-order valence-corrected chi connectivity index (χ2v) is 15.2. The van der Waals surface area contributed by atoms with Gasteiger partial charge in [0.25, 0.3) is 0 Å². The van der Waals surface area contributed by atoms with Crippen LogP contribution in [0.4, 0.5) is 0 Å². The maximum atomic E-state index is 13.3.